The van der Waals surface area contributed by atoms with Crippen molar-refractivity contribution in [1.29, 1.82) is 5.41 Å². The molecule has 0 aliphatic heterocycles. The van der Waals surface area contributed by atoms with Crippen molar-refractivity contribution in [2.75, 3.05) is 11.6 Å². The fourth-order valence-corrected chi connectivity index (χ4v) is 3.83. The number of carbonyl (C=O) groups excluding carboxylic acids is 1. The van der Waals surface area contributed by atoms with Gasteiger partial charge in [-0.1, -0.05) is 59.0 Å². The molecule has 1 heterocycles. The number of hydrogen-bond acceptors (Lipinski definition) is 7. The molecule has 0 atom stereocenters. The van der Waals surface area contributed by atoms with Gasteiger partial charge in [0.05, 0.1) is 16.4 Å². The number of benzene rings is 2. The topological polar surface area (TPSA) is 91.1 Å². The van der Waals surface area contributed by atoms with E-state index < -0.39 is 24.2 Å². The summed E-state index contributed by atoms with van der Waals surface area (Å²) in [6.07, 6.45) is -3.69. The normalized spacial score (nSPS) is 12.0. The number of para-hydroxylation sites is 1. The Morgan fingerprint density at radius 2 is 1.81 bits per heavy atom. The van der Waals surface area contributed by atoms with Gasteiger partial charge in [0, 0.05) is 12.0 Å². The van der Waals surface area contributed by atoms with Crippen LogP contribution in [0.4, 0.5) is 24.0 Å². The van der Waals surface area contributed by atoms with Gasteiger partial charge in [0.25, 0.3) is 5.91 Å². The SMILES string of the molecule is CSc1nnc(NC(=O)c2ccc(C(CC(=N)C(F)(F)F)=Nc3ccccc3Cl)cc2)s1. The largest absolute Gasteiger partial charge is 0.429 e. The number of nitrogens with zero attached hydrogens (tertiary/aromatic N) is 3. The van der Waals surface area contributed by atoms with Crippen LogP contribution in [-0.2, 0) is 0 Å². The van der Waals surface area contributed by atoms with Crippen molar-refractivity contribution in [2.24, 2.45) is 4.99 Å². The van der Waals surface area contributed by atoms with Gasteiger partial charge in [0.2, 0.25) is 5.13 Å². The van der Waals surface area contributed by atoms with Crippen LogP contribution < -0.4 is 5.32 Å². The smallest absolute Gasteiger partial charge is 0.300 e. The van der Waals surface area contributed by atoms with E-state index >= 15 is 0 Å². The molecule has 12 heteroatoms. The van der Waals surface area contributed by atoms with E-state index in [1.165, 1.54) is 47.4 Å². The fourth-order valence-electron chi connectivity index (χ4n) is 2.49. The quantitative estimate of drug-likeness (QED) is 0.229. The van der Waals surface area contributed by atoms with Crippen molar-refractivity contribution in [2.45, 2.75) is 16.9 Å². The molecule has 6 nitrogen and oxygen atoms in total. The maximum absolute atomic E-state index is 13.0. The summed E-state index contributed by atoms with van der Waals surface area (Å²) >= 11 is 8.71. The van der Waals surface area contributed by atoms with E-state index in [-0.39, 0.29) is 22.0 Å². The van der Waals surface area contributed by atoms with Crippen molar-refractivity contribution in [3.8, 4) is 0 Å². The molecule has 1 aromatic heterocycles. The van der Waals surface area contributed by atoms with Crippen molar-refractivity contribution >= 4 is 62.8 Å². The average molecular weight is 498 g/mol. The maximum atomic E-state index is 13.0. The van der Waals surface area contributed by atoms with Crippen LogP contribution in [-0.4, -0.2) is 40.0 Å². The predicted octanol–water partition coefficient (Wildman–Crippen LogP) is 6.26. The molecule has 3 aromatic rings. The monoisotopic (exact) mass is 497 g/mol. The van der Waals surface area contributed by atoms with Gasteiger partial charge in [-0.25, -0.2) is 0 Å². The molecule has 0 unspecified atom stereocenters. The number of rotatable bonds is 7. The summed E-state index contributed by atoms with van der Waals surface area (Å²) in [5, 5.41) is 18.4. The minimum absolute atomic E-state index is 0.00104. The minimum atomic E-state index is -4.78. The zero-order chi connectivity index (χ0) is 23.3. The second-order valence-electron chi connectivity index (χ2n) is 6.27. The Kier molecular flexibility index (Phi) is 7.64. The number of nitrogens with one attached hydrogen (secondary N) is 2. The third-order valence-electron chi connectivity index (χ3n) is 4.08. The van der Waals surface area contributed by atoms with E-state index in [1.54, 1.807) is 24.3 Å². The zero-order valence-corrected chi connectivity index (χ0v) is 18.8. The molecule has 0 saturated carbocycles. The number of alkyl halides is 3. The van der Waals surface area contributed by atoms with Crippen LogP contribution in [0.2, 0.25) is 5.02 Å². The number of hydrogen-bond donors (Lipinski definition) is 2. The van der Waals surface area contributed by atoms with Gasteiger partial charge in [-0.3, -0.25) is 15.1 Å². The molecule has 2 aromatic carbocycles. The number of thioether (sulfide) groups is 1. The third-order valence-corrected chi connectivity index (χ3v) is 6.21. The fraction of sp³-hybridized carbons (Fsp3) is 0.150. The van der Waals surface area contributed by atoms with Crippen molar-refractivity contribution in [3.63, 3.8) is 0 Å². The molecule has 0 radical (unpaired) electrons. The van der Waals surface area contributed by atoms with Crippen LogP contribution in [0.15, 0.2) is 57.9 Å². The zero-order valence-electron chi connectivity index (χ0n) is 16.4. The molecule has 0 aliphatic rings. The van der Waals surface area contributed by atoms with Gasteiger partial charge in [0.15, 0.2) is 4.34 Å². The lowest BCUT2D eigenvalue weighted by molar-refractivity contribution is -0.0605. The highest BCUT2D eigenvalue weighted by molar-refractivity contribution is 8.00. The van der Waals surface area contributed by atoms with Gasteiger partial charge < -0.3 is 5.41 Å². The Labute approximate surface area is 194 Å². The average Bonchev–Trinajstić information content (AvgIpc) is 3.21. The van der Waals surface area contributed by atoms with Crippen molar-refractivity contribution in [1.82, 2.24) is 10.2 Å². The van der Waals surface area contributed by atoms with Crippen molar-refractivity contribution in [3.05, 3.63) is 64.7 Å². The number of amides is 1. The summed E-state index contributed by atoms with van der Waals surface area (Å²) in [5.74, 6) is -0.437. The highest BCUT2D eigenvalue weighted by Crippen LogP contribution is 2.27. The van der Waals surface area contributed by atoms with E-state index in [0.29, 0.717) is 15.0 Å². The van der Waals surface area contributed by atoms with Gasteiger partial charge in [-0.05, 0) is 36.1 Å². The van der Waals surface area contributed by atoms with Gasteiger partial charge in [-0.15, -0.1) is 10.2 Å². The molecule has 2 N–H and O–H groups in total. The highest BCUT2D eigenvalue weighted by Gasteiger charge is 2.35. The summed E-state index contributed by atoms with van der Waals surface area (Å²) in [6.45, 7) is 0. The van der Waals surface area contributed by atoms with Crippen molar-refractivity contribution < 1.29 is 18.0 Å². The van der Waals surface area contributed by atoms with Crippen LogP contribution in [0, 0.1) is 5.41 Å². The molecule has 0 bridgehead atoms. The van der Waals surface area contributed by atoms with E-state index in [9.17, 15) is 18.0 Å². The first-order chi connectivity index (χ1) is 15.2. The van der Waals surface area contributed by atoms with E-state index in [1.807, 2.05) is 6.26 Å². The Morgan fingerprint density at radius 3 is 2.41 bits per heavy atom. The molecule has 0 aliphatic carbocycles. The number of aliphatic imine (C=N–C) groups is 1. The number of anilines is 1. The molecule has 0 fully saturated rings. The first-order valence-corrected chi connectivity index (χ1v) is 11.4. The summed E-state index contributed by atoms with van der Waals surface area (Å²) < 4.78 is 39.6. The highest BCUT2D eigenvalue weighted by atomic mass is 35.5. The van der Waals surface area contributed by atoms with Crippen LogP contribution >= 0.6 is 34.7 Å². The molecule has 166 valence electrons. The molecule has 0 spiro atoms. The summed E-state index contributed by atoms with van der Waals surface area (Å²) in [6, 6.07) is 12.3. The Balaban J connectivity index is 1.87. The Hall–Kier alpha value is -2.76. The van der Waals surface area contributed by atoms with E-state index in [0.717, 1.165) is 0 Å². The van der Waals surface area contributed by atoms with Gasteiger partial charge in [0.1, 0.15) is 5.71 Å². The third kappa shape index (κ3) is 6.15. The second-order valence-corrected chi connectivity index (χ2v) is 8.71. The Bertz CT molecular complexity index is 1160. The van der Waals surface area contributed by atoms with Gasteiger partial charge >= 0.3 is 6.18 Å². The van der Waals surface area contributed by atoms with Crippen LogP contribution in [0.5, 0.6) is 0 Å². The second kappa shape index (κ2) is 10.2. The maximum Gasteiger partial charge on any atom is 0.429 e. The van der Waals surface area contributed by atoms with E-state index in [2.05, 4.69) is 20.5 Å². The first kappa shape index (κ1) is 23.9. The minimum Gasteiger partial charge on any atom is -0.300 e. The lowest BCUT2D eigenvalue weighted by Crippen LogP contribution is -2.25. The summed E-state index contributed by atoms with van der Waals surface area (Å²) in [7, 11) is 0. The summed E-state index contributed by atoms with van der Waals surface area (Å²) in [4.78, 5) is 16.7. The van der Waals surface area contributed by atoms with E-state index in [4.69, 9.17) is 17.0 Å². The predicted molar refractivity (Wildman–Crippen MR) is 122 cm³/mol. The number of carbonyl (C=O) groups is 1. The van der Waals surface area contributed by atoms with Crippen LogP contribution in [0.25, 0.3) is 0 Å². The molecule has 32 heavy (non-hydrogen) atoms. The molecular formula is C20H15ClF3N5OS2. The standard InChI is InChI=1S/C20H15ClF3N5OS2/c1-31-19-29-28-18(32-19)27-17(30)12-8-6-11(7-9-12)15(10-16(25)20(22,23)24)26-14-5-3-2-4-13(14)21/h2-9,25H,10H2,1H3,(H,27,28,30). The molecule has 0 saturated heterocycles. The number of halogens is 4. The van der Waals surface area contributed by atoms with Crippen LogP contribution in [0.3, 0.4) is 0 Å². The molecule has 1 amide bonds. The van der Waals surface area contributed by atoms with Gasteiger partial charge in [-0.2, -0.15) is 13.2 Å². The molecular weight excluding hydrogens is 483 g/mol. The number of aromatic nitrogens is 2. The Morgan fingerprint density at radius 1 is 1.16 bits per heavy atom. The molecule has 3 rings (SSSR count). The lowest BCUT2D eigenvalue weighted by Gasteiger charge is -2.12. The first-order valence-electron chi connectivity index (χ1n) is 8.93. The lowest BCUT2D eigenvalue weighted by atomic mass is 10.0. The summed E-state index contributed by atoms with van der Waals surface area (Å²) in [5.41, 5.74) is -0.553. The van der Waals surface area contributed by atoms with Crippen LogP contribution in [0.1, 0.15) is 22.3 Å².